The van der Waals surface area contributed by atoms with Crippen molar-refractivity contribution >= 4 is 22.7 Å². The number of hydrogen-bond donors (Lipinski definition) is 0. The lowest BCUT2D eigenvalue weighted by Crippen LogP contribution is -2.25. The molecule has 3 aromatic rings. The van der Waals surface area contributed by atoms with Gasteiger partial charge in [0.1, 0.15) is 45.4 Å². The minimum atomic E-state index is -0.413. The van der Waals surface area contributed by atoms with Crippen LogP contribution in [0, 0.1) is 0 Å². The molecule has 0 amide bonds. The molecule has 0 unspecified atom stereocenters. The molecule has 0 radical (unpaired) electrons. The molecule has 0 N–H and O–H groups in total. The Morgan fingerprint density at radius 3 is 1.20 bits per heavy atom. The molecule has 1 heterocycles. The fourth-order valence-corrected chi connectivity index (χ4v) is 6.79. The summed E-state index contributed by atoms with van der Waals surface area (Å²) in [6.45, 7) is 27.5. The molecule has 0 atom stereocenters. The number of benzene rings is 2. The van der Waals surface area contributed by atoms with Gasteiger partial charge in [0, 0.05) is 73.6 Å². The first kappa shape index (κ1) is 40.4. The Morgan fingerprint density at radius 1 is 0.510 bits per heavy atom. The minimum absolute atomic E-state index is 0.412. The zero-order valence-corrected chi connectivity index (χ0v) is 34.7. The van der Waals surface area contributed by atoms with Gasteiger partial charge in [0.2, 0.25) is 0 Å². The number of unbranched alkanes of at least 4 members (excludes halogenated alkanes) is 3. The van der Waals surface area contributed by atoms with E-state index in [0.717, 1.165) is 68.1 Å². The summed E-state index contributed by atoms with van der Waals surface area (Å²) >= 11 is 1.77. The van der Waals surface area contributed by atoms with Gasteiger partial charge in [-0.25, -0.2) is 0 Å². The highest BCUT2D eigenvalue weighted by Crippen LogP contribution is 2.53. The topological polar surface area (TPSA) is 43.4 Å². The highest BCUT2D eigenvalue weighted by molar-refractivity contribution is 7.19. The van der Waals surface area contributed by atoms with Gasteiger partial charge >= 0.3 is 0 Å². The van der Waals surface area contributed by atoms with Crippen molar-refractivity contribution in [3.63, 3.8) is 0 Å². The number of anilines is 2. The van der Waals surface area contributed by atoms with Gasteiger partial charge < -0.3 is 28.7 Å². The Bertz CT molecular complexity index is 1470. The van der Waals surface area contributed by atoms with Gasteiger partial charge in [-0.1, -0.05) is 26.2 Å². The van der Waals surface area contributed by atoms with Crippen LogP contribution in [0.5, 0.6) is 23.0 Å². The SMILES string of the molecule is CCCCCCc1cc(-c2c(OC(C)(C)C)cc(N(C)C)cc2OC(C)(C)C)sc1-c1c(OC(C)(C)C)cc(N(C)C)cc1OC(C)(C)C. The van der Waals surface area contributed by atoms with Gasteiger partial charge in [-0.05, 0) is 108 Å². The normalized spacial score (nSPS) is 12.6. The molecule has 0 fully saturated rings. The fourth-order valence-electron chi connectivity index (χ4n) is 5.47. The average Bonchev–Trinajstić information content (AvgIpc) is 3.29. The Hall–Kier alpha value is -3.06. The first-order chi connectivity index (χ1) is 22.4. The number of thiophene rings is 1. The largest absolute Gasteiger partial charge is 0.487 e. The third-order valence-corrected chi connectivity index (χ3v) is 8.59. The second-order valence-corrected chi connectivity index (χ2v) is 18.6. The molecular weight excluding hydrogens is 629 g/mol. The lowest BCUT2D eigenvalue weighted by Gasteiger charge is -2.29. The van der Waals surface area contributed by atoms with Crippen LogP contribution in [0.15, 0.2) is 30.3 Å². The molecule has 6 nitrogen and oxygen atoms in total. The van der Waals surface area contributed by atoms with Crippen LogP contribution in [0.1, 0.15) is 121 Å². The number of rotatable bonds is 13. The zero-order valence-electron chi connectivity index (χ0n) is 33.9. The van der Waals surface area contributed by atoms with Crippen LogP contribution >= 0.6 is 11.3 Å². The molecule has 1 aromatic heterocycles. The molecule has 7 heteroatoms. The highest BCUT2D eigenvalue weighted by Gasteiger charge is 2.30. The van der Waals surface area contributed by atoms with Crippen molar-refractivity contribution < 1.29 is 18.9 Å². The third-order valence-electron chi connectivity index (χ3n) is 7.38. The van der Waals surface area contributed by atoms with Gasteiger partial charge in [0.25, 0.3) is 0 Å². The predicted octanol–water partition coefficient (Wildman–Crippen LogP) is 12.0. The Morgan fingerprint density at radius 2 is 0.878 bits per heavy atom. The molecular formula is C42H66N2O4S. The van der Waals surface area contributed by atoms with E-state index in [4.69, 9.17) is 18.9 Å². The van der Waals surface area contributed by atoms with E-state index in [2.05, 4.69) is 158 Å². The maximum absolute atomic E-state index is 6.81. The smallest absolute Gasteiger partial charge is 0.134 e. The monoisotopic (exact) mass is 694 g/mol. The molecule has 274 valence electrons. The lowest BCUT2D eigenvalue weighted by atomic mass is 9.99. The van der Waals surface area contributed by atoms with E-state index in [-0.39, 0.29) is 0 Å². The van der Waals surface area contributed by atoms with Gasteiger partial charge in [-0.3, -0.25) is 0 Å². The van der Waals surface area contributed by atoms with E-state index in [9.17, 15) is 0 Å². The summed E-state index contributed by atoms with van der Waals surface area (Å²) in [6.07, 6.45) is 5.66. The van der Waals surface area contributed by atoms with Crippen molar-refractivity contribution in [2.24, 2.45) is 0 Å². The van der Waals surface area contributed by atoms with Gasteiger partial charge in [0.05, 0.1) is 11.1 Å². The minimum Gasteiger partial charge on any atom is -0.487 e. The fraction of sp³-hybridized carbons (Fsp3) is 0.619. The van der Waals surface area contributed by atoms with E-state index in [1.54, 1.807) is 11.3 Å². The van der Waals surface area contributed by atoms with Crippen molar-refractivity contribution in [3.8, 4) is 43.9 Å². The quantitative estimate of drug-likeness (QED) is 0.166. The molecule has 0 aliphatic heterocycles. The summed E-state index contributed by atoms with van der Waals surface area (Å²) in [5, 5.41) is 0. The summed E-state index contributed by atoms with van der Waals surface area (Å²) < 4.78 is 27.2. The second kappa shape index (κ2) is 15.4. The molecule has 0 aliphatic rings. The Labute approximate surface area is 303 Å². The third kappa shape index (κ3) is 12.0. The van der Waals surface area contributed by atoms with Gasteiger partial charge in [-0.15, -0.1) is 11.3 Å². The number of ether oxygens (including phenoxy) is 4. The lowest BCUT2D eigenvalue weighted by molar-refractivity contribution is 0.122. The van der Waals surface area contributed by atoms with Crippen molar-refractivity contribution in [2.45, 2.75) is 145 Å². The van der Waals surface area contributed by atoms with Crippen molar-refractivity contribution in [1.29, 1.82) is 0 Å². The van der Waals surface area contributed by atoms with Crippen LogP contribution in [0.2, 0.25) is 0 Å². The van der Waals surface area contributed by atoms with E-state index in [1.807, 2.05) is 0 Å². The Kier molecular flexibility index (Phi) is 12.7. The molecule has 0 saturated heterocycles. The summed E-state index contributed by atoms with van der Waals surface area (Å²) in [4.78, 5) is 6.48. The summed E-state index contributed by atoms with van der Waals surface area (Å²) in [6, 6.07) is 11.0. The van der Waals surface area contributed by atoms with E-state index >= 15 is 0 Å². The molecule has 2 aromatic carbocycles. The number of aryl methyl sites for hydroxylation is 1. The summed E-state index contributed by atoms with van der Waals surface area (Å²) in [5.74, 6) is 3.26. The number of nitrogens with zero attached hydrogens (tertiary/aromatic N) is 2. The first-order valence-electron chi connectivity index (χ1n) is 18.0. The predicted molar refractivity (Wildman–Crippen MR) is 213 cm³/mol. The van der Waals surface area contributed by atoms with Crippen LogP contribution < -0.4 is 28.7 Å². The Balaban J connectivity index is 2.50. The molecule has 49 heavy (non-hydrogen) atoms. The van der Waals surface area contributed by atoms with Crippen LogP contribution in [0.4, 0.5) is 11.4 Å². The van der Waals surface area contributed by atoms with Crippen molar-refractivity contribution in [3.05, 3.63) is 35.9 Å². The maximum Gasteiger partial charge on any atom is 0.134 e. The van der Waals surface area contributed by atoms with Crippen molar-refractivity contribution in [1.82, 2.24) is 0 Å². The zero-order chi connectivity index (χ0) is 37.1. The highest BCUT2D eigenvalue weighted by atomic mass is 32.1. The van der Waals surface area contributed by atoms with Crippen molar-refractivity contribution in [2.75, 3.05) is 38.0 Å². The standard InChI is InChI=1S/C42H66N2O4S/c1-18-19-20-21-22-28-23-35(36-31(45-39(2,3)4)24-29(43(14)15)25-32(36)46-40(5,6)7)49-38(28)37-33(47-41(8,9)10)26-30(44(16)17)27-34(37)48-42(11,12)13/h23-27H,18-22H2,1-17H3. The first-order valence-corrected chi connectivity index (χ1v) is 18.8. The van der Waals surface area contributed by atoms with Crippen LogP contribution in [-0.4, -0.2) is 50.6 Å². The second-order valence-electron chi connectivity index (χ2n) is 17.6. The van der Waals surface area contributed by atoms with Crippen LogP contribution in [-0.2, 0) is 6.42 Å². The summed E-state index contributed by atoms with van der Waals surface area (Å²) in [5.41, 5.74) is 3.67. The van der Waals surface area contributed by atoms with Crippen LogP contribution in [0.25, 0.3) is 20.9 Å². The van der Waals surface area contributed by atoms with Gasteiger partial charge in [-0.2, -0.15) is 0 Å². The van der Waals surface area contributed by atoms with Crippen LogP contribution in [0.3, 0.4) is 0 Å². The molecule has 0 aliphatic carbocycles. The number of hydrogen-bond acceptors (Lipinski definition) is 7. The molecule has 3 rings (SSSR count). The molecule has 0 spiro atoms. The molecule has 0 bridgehead atoms. The van der Waals surface area contributed by atoms with E-state index in [0.29, 0.717) is 0 Å². The van der Waals surface area contributed by atoms with Gasteiger partial charge in [0.15, 0.2) is 0 Å². The van der Waals surface area contributed by atoms with E-state index < -0.39 is 22.4 Å². The summed E-state index contributed by atoms with van der Waals surface area (Å²) in [7, 11) is 8.23. The van der Waals surface area contributed by atoms with E-state index in [1.165, 1.54) is 24.8 Å². The average molecular weight is 695 g/mol. The molecule has 0 saturated carbocycles. The maximum atomic E-state index is 6.81.